The van der Waals surface area contributed by atoms with Crippen LogP contribution in [0.5, 0.6) is 11.5 Å². The normalized spacial score (nSPS) is 20.9. The summed E-state index contributed by atoms with van der Waals surface area (Å²) in [7, 11) is 1.46. The van der Waals surface area contributed by atoms with Crippen LogP contribution in [0, 0.1) is 3.57 Å². The number of aliphatic hydroxyl groups is 2. The second kappa shape index (κ2) is 14.1. The summed E-state index contributed by atoms with van der Waals surface area (Å²) in [6.07, 6.45) is 4.11. The number of ether oxygens (including phenoxy) is 2. The van der Waals surface area contributed by atoms with E-state index in [1.54, 1.807) is 23.1 Å². The highest BCUT2D eigenvalue weighted by Crippen LogP contribution is 2.38. The third-order valence-corrected chi connectivity index (χ3v) is 8.22. The predicted molar refractivity (Wildman–Crippen MR) is 157 cm³/mol. The second-order valence-electron chi connectivity index (χ2n) is 10.1. The van der Waals surface area contributed by atoms with Crippen molar-refractivity contribution in [3.05, 3.63) is 68.8 Å². The zero-order valence-electron chi connectivity index (χ0n) is 22.4. The topological polar surface area (TPSA) is 125 Å². The molecule has 3 atom stereocenters. The van der Waals surface area contributed by atoms with Crippen molar-refractivity contribution in [2.75, 3.05) is 20.3 Å². The minimum atomic E-state index is -1.14. The smallest absolute Gasteiger partial charge is 0.247 e. The average Bonchev–Trinajstić information content (AvgIpc) is 3.49. The SMILES string of the molecule is COc1cc(C=O)cc(I)c1OC1C=C(C(=O)NCCO)CC(N(C(=O)Cc2ccccc2)C2CCCC2)C1O. The summed E-state index contributed by atoms with van der Waals surface area (Å²) in [5.74, 6) is 0.142. The number of rotatable bonds is 11. The lowest BCUT2D eigenvalue weighted by molar-refractivity contribution is -0.141. The van der Waals surface area contributed by atoms with Crippen molar-refractivity contribution in [3.63, 3.8) is 0 Å². The molecule has 2 amide bonds. The monoisotopic (exact) mass is 662 g/mol. The molecule has 40 heavy (non-hydrogen) atoms. The number of carbonyl (C=O) groups excluding carboxylic acids is 3. The standard InChI is InChI=1S/C30H35IN2O7/c1-39-26-14-20(18-35)13-23(31)29(26)40-25-17-21(30(38)32-11-12-34)16-24(28(25)37)33(22-9-5-6-10-22)27(36)15-19-7-3-2-4-8-19/h2-4,7-8,13-14,17-18,22,24-25,28,34,37H,5-6,9-12,15-16H2,1H3,(H,32,38). The van der Waals surface area contributed by atoms with Gasteiger partial charge >= 0.3 is 0 Å². The van der Waals surface area contributed by atoms with E-state index in [9.17, 15) is 24.6 Å². The lowest BCUT2D eigenvalue weighted by atomic mass is 9.86. The molecule has 0 spiro atoms. The Hall–Kier alpha value is -2.96. The van der Waals surface area contributed by atoms with Crippen molar-refractivity contribution in [1.82, 2.24) is 10.2 Å². The van der Waals surface area contributed by atoms with Gasteiger partial charge in [0.15, 0.2) is 11.5 Å². The van der Waals surface area contributed by atoms with Gasteiger partial charge in [-0.05, 0) is 59.2 Å². The number of hydrogen-bond acceptors (Lipinski definition) is 7. The minimum Gasteiger partial charge on any atom is -0.493 e. The Morgan fingerprint density at radius 1 is 1.18 bits per heavy atom. The summed E-state index contributed by atoms with van der Waals surface area (Å²) in [5, 5.41) is 23.7. The van der Waals surface area contributed by atoms with Gasteiger partial charge in [-0.1, -0.05) is 43.2 Å². The van der Waals surface area contributed by atoms with Crippen LogP contribution in [-0.4, -0.2) is 77.8 Å². The minimum absolute atomic E-state index is 0.0575. The lowest BCUT2D eigenvalue weighted by Crippen LogP contribution is -2.58. The van der Waals surface area contributed by atoms with Crippen molar-refractivity contribution in [3.8, 4) is 11.5 Å². The molecule has 0 aromatic heterocycles. The molecule has 4 rings (SSSR count). The van der Waals surface area contributed by atoms with E-state index in [0.717, 1.165) is 31.2 Å². The Morgan fingerprint density at radius 3 is 2.55 bits per heavy atom. The number of nitrogens with zero attached hydrogens (tertiary/aromatic N) is 1. The van der Waals surface area contributed by atoms with E-state index in [1.165, 1.54) is 7.11 Å². The number of hydrogen-bond donors (Lipinski definition) is 3. The van der Waals surface area contributed by atoms with Crippen LogP contribution in [0.25, 0.3) is 0 Å². The quantitative estimate of drug-likeness (QED) is 0.250. The van der Waals surface area contributed by atoms with Crippen molar-refractivity contribution in [2.24, 2.45) is 0 Å². The molecule has 1 fully saturated rings. The maximum atomic E-state index is 13.8. The fraction of sp³-hybridized carbons (Fsp3) is 0.433. The van der Waals surface area contributed by atoms with E-state index in [0.29, 0.717) is 32.5 Å². The molecular weight excluding hydrogens is 627 g/mol. The molecule has 3 unspecified atom stereocenters. The van der Waals surface area contributed by atoms with Gasteiger partial charge in [-0.3, -0.25) is 14.4 Å². The van der Waals surface area contributed by atoms with Crippen LogP contribution in [0.1, 0.15) is 48.0 Å². The molecule has 0 aliphatic heterocycles. The Balaban J connectivity index is 1.71. The van der Waals surface area contributed by atoms with E-state index in [-0.39, 0.29) is 43.8 Å². The number of halogens is 1. The molecule has 0 bridgehead atoms. The third kappa shape index (κ3) is 7.02. The lowest BCUT2D eigenvalue weighted by Gasteiger charge is -2.43. The van der Waals surface area contributed by atoms with Crippen molar-refractivity contribution in [1.29, 1.82) is 0 Å². The predicted octanol–water partition coefficient (Wildman–Crippen LogP) is 3.04. The maximum Gasteiger partial charge on any atom is 0.247 e. The molecule has 0 radical (unpaired) electrons. The van der Waals surface area contributed by atoms with E-state index in [2.05, 4.69) is 5.32 Å². The van der Waals surface area contributed by atoms with Crippen LogP contribution in [0.15, 0.2) is 54.1 Å². The molecule has 0 saturated heterocycles. The van der Waals surface area contributed by atoms with Crippen molar-refractivity contribution in [2.45, 2.75) is 62.8 Å². The zero-order chi connectivity index (χ0) is 28.6. The van der Waals surface area contributed by atoms with Crippen LogP contribution in [0.4, 0.5) is 0 Å². The van der Waals surface area contributed by atoms with Crippen LogP contribution in [0.3, 0.4) is 0 Å². The molecule has 2 aliphatic rings. The van der Waals surface area contributed by atoms with Gasteiger partial charge in [-0.15, -0.1) is 0 Å². The van der Waals surface area contributed by atoms with Crippen LogP contribution >= 0.6 is 22.6 Å². The number of aldehydes is 1. The second-order valence-corrected chi connectivity index (χ2v) is 11.2. The molecule has 1 saturated carbocycles. The van der Waals surface area contributed by atoms with Crippen LogP contribution in [-0.2, 0) is 16.0 Å². The highest BCUT2D eigenvalue weighted by atomic mass is 127. The van der Waals surface area contributed by atoms with E-state index in [4.69, 9.17) is 9.47 Å². The fourth-order valence-corrected chi connectivity index (χ4v) is 6.26. The molecule has 2 aromatic carbocycles. The molecule has 2 aromatic rings. The molecule has 0 heterocycles. The number of aliphatic hydroxyl groups excluding tert-OH is 2. The largest absolute Gasteiger partial charge is 0.493 e. The summed E-state index contributed by atoms with van der Waals surface area (Å²) in [4.78, 5) is 40.1. The first-order valence-electron chi connectivity index (χ1n) is 13.5. The Morgan fingerprint density at radius 2 is 1.90 bits per heavy atom. The molecule has 10 heteroatoms. The summed E-state index contributed by atoms with van der Waals surface area (Å²) < 4.78 is 12.4. The molecule has 214 valence electrons. The van der Waals surface area contributed by atoms with E-state index in [1.807, 2.05) is 52.9 Å². The number of methoxy groups -OCH3 is 1. The van der Waals surface area contributed by atoms with Gasteiger partial charge in [0.2, 0.25) is 11.8 Å². The van der Waals surface area contributed by atoms with E-state index >= 15 is 0 Å². The summed E-state index contributed by atoms with van der Waals surface area (Å²) in [6.45, 7) is -0.139. The first-order chi connectivity index (χ1) is 19.4. The average molecular weight is 663 g/mol. The van der Waals surface area contributed by atoms with Gasteiger partial charge in [0.25, 0.3) is 0 Å². The first-order valence-corrected chi connectivity index (χ1v) is 14.6. The number of benzene rings is 2. The van der Waals surface area contributed by atoms with Gasteiger partial charge < -0.3 is 29.9 Å². The molecule has 2 aliphatic carbocycles. The summed E-state index contributed by atoms with van der Waals surface area (Å²) in [5.41, 5.74) is 1.65. The summed E-state index contributed by atoms with van der Waals surface area (Å²) >= 11 is 2.03. The van der Waals surface area contributed by atoms with Crippen molar-refractivity contribution >= 4 is 40.7 Å². The van der Waals surface area contributed by atoms with Crippen LogP contribution in [0.2, 0.25) is 0 Å². The fourth-order valence-electron chi connectivity index (χ4n) is 5.51. The maximum absolute atomic E-state index is 13.8. The Bertz CT molecular complexity index is 1230. The van der Waals surface area contributed by atoms with Gasteiger partial charge in [0.05, 0.1) is 29.7 Å². The van der Waals surface area contributed by atoms with Crippen molar-refractivity contribution < 1.29 is 34.1 Å². The van der Waals surface area contributed by atoms with Gasteiger partial charge in [-0.2, -0.15) is 0 Å². The van der Waals surface area contributed by atoms with Gasteiger partial charge in [0.1, 0.15) is 18.5 Å². The third-order valence-electron chi connectivity index (χ3n) is 7.42. The highest BCUT2D eigenvalue weighted by molar-refractivity contribution is 14.1. The van der Waals surface area contributed by atoms with Gasteiger partial charge in [-0.25, -0.2) is 0 Å². The van der Waals surface area contributed by atoms with E-state index < -0.39 is 18.2 Å². The Labute approximate surface area is 247 Å². The molecule has 9 nitrogen and oxygen atoms in total. The summed E-state index contributed by atoms with van der Waals surface area (Å²) in [6, 6.07) is 11.9. The zero-order valence-corrected chi connectivity index (χ0v) is 24.6. The number of nitrogens with one attached hydrogen (secondary N) is 1. The molecular formula is C30H35IN2O7. The highest BCUT2D eigenvalue weighted by Gasteiger charge is 2.43. The van der Waals surface area contributed by atoms with Crippen LogP contribution < -0.4 is 14.8 Å². The first kappa shape index (κ1) is 30.0. The number of amides is 2. The van der Waals surface area contributed by atoms with Gasteiger partial charge in [0, 0.05) is 30.1 Å². The number of carbonyl (C=O) groups is 3. The molecule has 3 N–H and O–H groups in total. The Kier molecular flexibility index (Phi) is 10.6.